The molecule has 3 rings (SSSR count). The van der Waals surface area contributed by atoms with E-state index in [2.05, 4.69) is 15.2 Å². The van der Waals surface area contributed by atoms with Crippen molar-refractivity contribution in [2.45, 2.75) is 11.8 Å². The molecule has 3 aromatic carbocycles. The number of ether oxygens (including phenoxy) is 1. The molecule has 0 heterocycles. The van der Waals surface area contributed by atoms with Crippen LogP contribution in [0.1, 0.15) is 12.5 Å². The highest BCUT2D eigenvalue weighted by molar-refractivity contribution is 7.92. The van der Waals surface area contributed by atoms with Crippen LogP contribution in [-0.2, 0) is 10.0 Å². The fourth-order valence-electron chi connectivity index (χ4n) is 2.84. The van der Waals surface area contributed by atoms with Gasteiger partial charge >= 0.3 is 0 Å². The lowest BCUT2D eigenvalue weighted by molar-refractivity contribution is -0.385. The average molecular weight is 472 g/mol. The number of hydrogen-bond donors (Lipinski definition) is 4. The van der Waals surface area contributed by atoms with E-state index in [1.54, 1.807) is 19.1 Å². The number of non-ortho nitro benzene ring substituents is 1. The summed E-state index contributed by atoms with van der Waals surface area (Å²) in [6.07, 6.45) is 0. The van der Waals surface area contributed by atoms with Gasteiger partial charge in [-0.25, -0.2) is 8.42 Å². The first-order valence-corrected chi connectivity index (χ1v) is 10.9. The number of rotatable bonds is 8. The van der Waals surface area contributed by atoms with Crippen LogP contribution in [0.4, 0.5) is 17.1 Å². The van der Waals surface area contributed by atoms with E-state index in [1.807, 2.05) is 0 Å². The monoisotopic (exact) mass is 472 g/mol. The molecule has 4 N–H and O–H groups in total. The third-order valence-electron chi connectivity index (χ3n) is 4.52. The van der Waals surface area contributed by atoms with Crippen LogP contribution in [0, 0.1) is 10.1 Å². The van der Waals surface area contributed by atoms with Crippen molar-refractivity contribution in [3.05, 3.63) is 76.3 Å². The Kier molecular flexibility index (Phi) is 6.68. The Morgan fingerprint density at radius 3 is 2.36 bits per heavy atom. The van der Waals surface area contributed by atoms with Crippen molar-refractivity contribution < 1.29 is 28.3 Å². The van der Waals surface area contributed by atoms with Gasteiger partial charge in [0.1, 0.15) is 22.1 Å². The van der Waals surface area contributed by atoms with E-state index >= 15 is 0 Å². The van der Waals surface area contributed by atoms with Crippen molar-refractivity contribution >= 4 is 32.8 Å². The zero-order valence-electron chi connectivity index (χ0n) is 17.5. The number of nitrogens with zero attached hydrogens (tertiary/aromatic N) is 2. The van der Waals surface area contributed by atoms with Crippen molar-refractivity contribution in [2.75, 3.05) is 17.3 Å². The van der Waals surface area contributed by atoms with E-state index in [-0.39, 0.29) is 28.6 Å². The number of sulfonamides is 1. The van der Waals surface area contributed by atoms with E-state index in [9.17, 15) is 28.7 Å². The molecule has 12 heteroatoms. The molecule has 0 atom stereocenters. The van der Waals surface area contributed by atoms with Gasteiger partial charge in [0.2, 0.25) is 0 Å². The molecule has 0 bridgehead atoms. The topological polar surface area (TPSA) is 163 Å². The second kappa shape index (κ2) is 9.44. The van der Waals surface area contributed by atoms with E-state index < -0.39 is 25.5 Å². The van der Waals surface area contributed by atoms with Crippen molar-refractivity contribution in [3.8, 4) is 17.2 Å². The van der Waals surface area contributed by atoms with Crippen LogP contribution in [-0.4, -0.2) is 36.4 Å². The maximum absolute atomic E-state index is 13.0. The van der Waals surface area contributed by atoms with E-state index in [4.69, 9.17) is 4.74 Å². The number of nitrogens with one attached hydrogen (secondary N) is 2. The van der Waals surface area contributed by atoms with Crippen molar-refractivity contribution in [1.29, 1.82) is 0 Å². The molecule has 0 unspecified atom stereocenters. The predicted molar refractivity (Wildman–Crippen MR) is 123 cm³/mol. The Labute approximate surface area is 189 Å². The number of methoxy groups -OCH3 is 1. The smallest absolute Gasteiger partial charge is 0.270 e. The van der Waals surface area contributed by atoms with E-state index in [1.165, 1.54) is 37.4 Å². The Hall–Kier alpha value is -4.32. The second-order valence-corrected chi connectivity index (χ2v) is 8.43. The molecule has 0 aliphatic heterocycles. The molecule has 0 amide bonds. The number of anilines is 2. The molecule has 0 fully saturated rings. The van der Waals surface area contributed by atoms with Crippen LogP contribution in [0.25, 0.3) is 0 Å². The van der Waals surface area contributed by atoms with Crippen molar-refractivity contribution in [3.63, 3.8) is 0 Å². The molecule has 0 saturated heterocycles. The Bertz CT molecular complexity index is 1320. The fourth-order valence-corrected chi connectivity index (χ4v) is 4.07. The summed E-state index contributed by atoms with van der Waals surface area (Å²) in [7, 11) is -2.78. The fraction of sp³-hybridized carbons (Fsp3) is 0.0952. The van der Waals surface area contributed by atoms with Crippen LogP contribution < -0.4 is 14.9 Å². The predicted octanol–water partition coefficient (Wildman–Crippen LogP) is 3.65. The summed E-state index contributed by atoms with van der Waals surface area (Å²) in [6, 6.07) is 13.3. The third kappa shape index (κ3) is 5.49. The number of hydrogen-bond acceptors (Lipinski definition) is 9. The number of phenolic OH excluding ortho intramolecular Hbond substituents is 2. The van der Waals surface area contributed by atoms with Gasteiger partial charge in [-0.05, 0) is 49.4 Å². The molecule has 0 saturated carbocycles. The largest absolute Gasteiger partial charge is 0.508 e. The van der Waals surface area contributed by atoms with Gasteiger partial charge in [-0.2, -0.15) is 5.10 Å². The highest BCUT2D eigenvalue weighted by Crippen LogP contribution is 2.29. The first-order chi connectivity index (χ1) is 15.6. The standard InChI is InChI=1S/C21H20N4O7S/c1-13(18-9-6-16(26)12-20(18)27)22-23-19-10-5-15(25(28)29)11-21(19)33(30,31)24-14-3-7-17(32-2)8-4-14/h3-12,23-24,26-27H,1-2H3. The Morgan fingerprint density at radius 2 is 1.76 bits per heavy atom. The van der Waals surface area contributed by atoms with Crippen LogP contribution >= 0.6 is 0 Å². The van der Waals surface area contributed by atoms with Crippen molar-refractivity contribution in [2.24, 2.45) is 5.10 Å². The van der Waals surface area contributed by atoms with E-state index in [0.717, 1.165) is 18.2 Å². The van der Waals surface area contributed by atoms with Crippen molar-refractivity contribution in [1.82, 2.24) is 0 Å². The van der Waals surface area contributed by atoms with Gasteiger partial charge in [0.15, 0.2) is 0 Å². The Morgan fingerprint density at radius 1 is 1.06 bits per heavy atom. The lowest BCUT2D eigenvalue weighted by atomic mass is 10.1. The minimum atomic E-state index is -4.26. The number of benzene rings is 3. The van der Waals surface area contributed by atoms with Gasteiger partial charge < -0.3 is 14.9 Å². The van der Waals surface area contributed by atoms with Gasteiger partial charge in [0.05, 0.1) is 23.4 Å². The van der Waals surface area contributed by atoms with Crippen LogP contribution in [0.3, 0.4) is 0 Å². The normalized spacial score (nSPS) is 11.6. The molecule has 172 valence electrons. The first-order valence-electron chi connectivity index (χ1n) is 9.38. The lowest BCUT2D eigenvalue weighted by Crippen LogP contribution is -2.15. The zero-order chi connectivity index (χ0) is 24.2. The number of aromatic hydroxyl groups is 2. The van der Waals surface area contributed by atoms with Gasteiger partial charge in [-0.15, -0.1) is 0 Å². The molecule has 0 spiro atoms. The molecule has 33 heavy (non-hydrogen) atoms. The molecule has 0 aliphatic rings. The number of hydrazone groups is 1. The quantitative estimate of drug-likeness (QED) is 0.219. The second-order valence-electron chi connectivity index (χ2n) is 6.78. The average Bonchev–Trinajstić information content (AvgIpc) is 2.77. The first kappa shape index (κ1) is 23.3. The molecular weight excluding hydrogens is 452 g/mol. The summed E-state index contributed by atoms with van der Waals surface area (Å²) in [5, 5.41) is 34.7. The SMILES string of the molecule is COc1ccc(NS(=O)(=O)c2cc([N+](=O)[O-])ccc2NN=C(C)c2ccc(O)cc2O)cc1. The van der Waals surface area contributed by atoms with E-state index in [0.29, 0.717) is 11.3 Å². The van der Waals surface area contributed by atoms with Gasteiger partial charge in [0, 0.05) is 29.4 Å². The highest BCUT2D eigenvalue weighted by atomic mass is 32.2. The molecular formula is C21H20N4O7S. The summed E-state index contributed by atoms with van der Waals surface area (Å²) in [5.41, 5.74) is 2.92. The van der Waals surface area contributed by atoms with Gasteiger partial charge in [-0.1, -0.05) is 0 Å². The minimum absolute atomic E-state index is 0.0285. The number of phenols is 2. The minimum Gasteiger partial charge on any atom is -0.508 e. The number of nitro groups is 1. The summed E-state index contributed by atoms with van der Waals surface area (Å²) in [5.74, 6) is 0.166. The molecule has 0 radical (unpaired) electrons. The maximum atomic E-state index is 13.0. The lowest BCUT2D eigenvalue weighted by Gasteiger charge is -2.13. The van der Waals surface area contributed by atoms with Gasteiger partial charge in [-0.3, -0.25) is 20.3 Å². The molecule has 11 nitrogen and oxygen atoms in total. The Balaban J connectivity index is 1.97. The molecule has 3 aromatic rings. The third-order valence-corrected chi connectivity index (χ3v) is 5.94. The number of nitro benzene ring substituents is 1. The van der Waals surface area contributed by atoms with Crippen LogP contribution in [0.15, 0.2) is 70.7 Å². The molecule has 0 aromatic heterocycles. The highest BCUT2D eigenvalue weighted by Gasteiger charge is 2.23. The zero-order valence-corrected chi connectivity index (χ0v) is 18.3. The van der Waals surface area contributed by atoms with Crippen LogP contribution in [0.5, 0.6) is 17.2 Å². The summed E-state index contributed by atoms with van der Waals surface area (Å²) in [4.78, 5) is 10.1. The maximum Gasteiger partial charge on any atom is 0.270 e. The summed E-state index contributed by atoms with van der Waals surface area (Å²) in [6.45, 7) is 1.55. The summed E-state index contributed by atoms with van der Waals surface area (Å²) < 4.78 is 33.5. The van der Waals surface area contributed by atoms with Crippen LogP contribution in [0.2, 0.25) is 0 Å². The molecule has 0 aliphatic carbocycles. The summed E-state index contributed by atoms with van der Waals surface area (Å²) >= 11 is 0. The van der Waals surface area contributed by atoms with Gasteiger partial charge in [0.25, 0.3) is 15.7 Å².